The molecule has 9 heteroatoms. The van der Waals surface area contributed by atoms with Gasteiger partial charge in [-0.15, -0.1) is 5.10 Å². The number of para-hydroxylation sites is 1. The second kappa shape index (κ2) is 11.1. The highest BCUT2D eigenvalue weighted by atomic mass is 16.5. The largest absolute Gasteiger partial charge is 0.493 e. The van der Waals surface area contributed by atoms with Crippen LogP contribution in [0.25, 0.3) is 0 Å². The van der Waals surface area contributed by atoms with Crippen LogP contribution in [-0.2, 0) is 11.3 Å². The predicted molar refractivity (Wildman–Crippen MR) is 121 cm³/mol. The molecule has 1 aromatic heterocycles. The second-order valence-corrected chi connectivity index (χ2v) is 8.60. The molecule has 1 saturated heterocycles. The maximum atomic E-state index is 5.81. The summed E-state index contributed by atoms with van der Waals surface area (Å²) in [6, 6.07) is 6.64. The summed E-state index contributed by atoms with van der Waals surface area (Å²) in [6.07, 6.45) is 6.79. The number of ether oxygens (including phenoxy) is 3. The minimum absolute atomic E-state index is 0.125. The Labute approximate surface area is 190 Å². The number of hydrogen-bond donors (Lipinski definition) is 0. The molecule has 1 saturated carbocycles. The number of rotatable bonds is 9. The van der Waals surface area contributed by atoms with Gasteiger partial charge in [0.15, 0.2) is 17.3 Å². The number of tetrazole rings is 1. The van der Waals surface area contributed by atoms with Crippen LogP contribution in [-0.4, -0.2) is 90.2 Å². The third-order valence-electron chi connectivity index (χ3n) is 6.84. The van der Waals surface area contributed by atoms with Crippen LogP contribution in [0.2, 0.25) is 0 Å². The van der Waals surface area contributed by atoms with Gasteiger partial charge in [-0.05, 0) is 29.3 Å². The van der Waals surface area contributed by atoms with E-state index in [1.807, 2.05) is 16.8 Å². The predicted octanol–water partition coefficient (Wildman–Crippen LogP) is 2.38. The zero-order valence-electron chi connectivity index (χ0n) is 19.6. The van der Waals surface area contributed by atoms with Gasteiger partial charge in [0.1, 0.15) is 6.04 Å². The lowest BCUT2D eigenvalue weighted by atomic mass is 9.93. The fourth-order valence-electron chi connectivity index (χ4n) is 5.18. The molecule has 1 atom stereocenters. The molecule has 0 radical (unpaired) electrons. The number of benzene rings is 1. The van der Waals surface area contributed by atoms with Crippen LogP contribution >= 0.6 is 0 Å². The van der Waals surface area contributed by atoms with Gasteiger partial charge < -0.3 is 14.2 Å². The molecule has 2 aliphatic rings. The Morgan fingerprint density at radius 1 is 1.00 bits per heavy atom. The molecule has 1 aliphatic carbocycles. The standard InChI is InChI=1S/C23H36N6O3/c1-30-17-16-29-23(24-25-26-29)21(19-10-7-11-20(31-2)22(19)32-3)28-14-12-27(13-15-28)18-8-5-4-6-9-18/h7,10-11,18,21H,4-6,8-9,12-17H2,1-3H3/t21-/m0/s1. The number of hydrogen-bond acceptors (Lipinski definition) is 8. The minimum Gasteiger partial charge on any atom is -0.493 e. The van der Waals surface area contributed by atoms with Crippen molar-refractivity contribution in [2.75, 3.05) is 54.1 Å². The summed E-state index contributed by atoms with van der Waals surface area (Å²) in [7, 11) is 5.05. The molecule has 0 spiro atoms. The third-order valence-corrected chi connectivity index (χ3v) is 6.84. The molecule has 1 aromatic carbocycles. The van der Waals surface area contributed by atoms with Crippen molar-refractivity contribution >= 4 is 0 Å². The third kappa shape index (κ3) is 4.89. The Kier molecular flexibility index (Phi) is 7.94. The van der Waals surface area contributed by atoms with Crippen molar-refractivity contribution in [1.29, 1.82) is 0 Å². The van der Waals surface area contributed by atoms with E-state index in [1.165, 1.54) is 32.1 Å². The topological polar surface area (TPSA) is 77.8 Å². The summed E-state index contributed by atoms with van der Waals surface area (Å²) in [6.45, 7) is 5.19. The smallest absolute Gasteiger partial charge is 0.173 e. The van der Waals surface area contributed by atoms with Crippen LogP contribution in [0.1, 0.15) is 49.5 Å². The van der Waals surface area contributed by atoms with E-state index >= 15 is 0 Å². The monoisotopic (exact) mass is 444 g/mol. The van der Waals surface area contributed by atoms with Crippen LogP contribution in [0.4, 0.5) is 0 Å². The van der Waals surface area contributed by atoms with E-state index in [0.717, 1.165) is 49.4 Å². The fourth-order valence-corrected chi connectivity index (χ4v) is 5.18. The highest BCUT2D eigenvalue weighted by Gasteiger charge is 2.34. The highest BCUT2D eigenvalue weighted by Crippen LogP contribution is 2.40. The van der Waals surface area contributed by atoms with E-state index in [1.54, 1.807) is 21.3 Å². The van der Waals surface area contributed by atoms with Crippen molar-refractivity contribution < 1.29 is 14.2 Å². The number of nitrogens with zero attached hydrogens (tertiary/aromatic N) is 6. The quantitative estimate of drug-likeness (QED) is 0.583. The molecule has 0 bridgehead atoms. The second-order valence-electron chi connectivity index (χ2n) is 8.60. The van der Waals surface area contributed by atoms with E-state index in [0.29, 0.717) is 18.9 Å². The Hall–Kier alpha value is -2.23. The lowest BCUT2D eigenvalue weighted by molar-refractivity contribution is 0.0609. The first-order chi connectivity index (χ1) is 15.8. The molecule has 4 rings (SSSR count). The van der Waals surface area contributed by atoms with Crippen molar-refractivity contribution in [2.24, 2.45) is 0 Å². The van der Waals surface area contributed by atoms with E-state index in [-0.39, 0.29) is 6.04 Å². The average Bonchev–Trinajstić information content (AvgIpc) is 3.31. The Morgan fingerprint density at radius 2 is 1.78 bits per heavy atom. The molecule has 2 aromatic rings. The average molecular weight is 445 g/mol. The molecular formula is C23H36N6O3. The molecule has 0 amide bonds. The summed E-state index contributed by atoms with van der Waals surface area (Å²) in [4.78, 5) is 5.16. The first kappa shape index (κ1) is 22.9. The van der Waals surface area contributed by atoms with Gasteiger partial charge in [-0.2, -0.15) is 0 Å². The Morgan fingerprint density at radius 3 is 2.47 bits per heavy atom. The van der Waals surface area contributed by atoms with Gasteiger partial charge in [-0.25, -0.2) is 4.68 Å². The van der Waals surface area contributed by atoms with Crippen molar-refractivity contribution in [3.63, 3.8) is 0 Å². The van der Waals surface area contributed by atoms with Crippen molar-refractivity contribution in [2.45, 2.75) is 50.7 Å². The van der Waals surface area contributed by atoms with Crippen LogP contribution in [0.15, 0.2) is 18.2 Å². The van der Waals surface area contributed by atoms with Gasteiger partial charge in [-0.3, -0.25) is 9.80 Å². The van der Waals surface area contributed by atoms with E-state index in [9.17, 15) is 0 Å². The lowest BCUT2D eigenvalue weighted by Crippen LogP contribution is -2.52. The van der Waals surface area contributed by atoms with Crippen molar-refractivity contribution in [3.8, 4) is 11.5 Å². The van der Waals surface area contributed by atoms with Gasteiger partial charge in [0, 0.05) is 44.9 Å². The summed E-state index contributed by atoms with van der Waals surface area (Å²) in [5, 5.41) is 12.7. The molecule has 32 heavy (non-hydrogen) atoms. The molecular weight excluding hydrogens is 408 g/mol. The van der Waals surface area contributed by atoms with Gasteiger partial charge in [-0.1, -0.05) is 31.4 Å². The SMILES string of the molecule is COCCn1nnnc1[C@H](c1cccc(OC)c1OC)N1CCN(C2CCCCC2)CC1. The molecule has 0 unspecified atom stereocenters. The molecule has 0 N–H and O–H groups in total. The lowest BCUT2D eigenvalue weighted by Gasteiger charge is -2.43. The Bertz CT molecular complexity index is 846. The number of aromatic nitrogens is 4. The van der Waals surface area contributed by atoms with Gasteiger partial charge >= 0.3 is 0 Å². The minimum atomic E-state index is -0.125. The highest BCUT2D eigenvalue weighted by molar-refractivity contribution is 5.49. The number of piperazine rings is 1. The normalized spacial score (nSPS) is 19.7. The zero-order valence-corrected chi connectivity index (χ0v) is 19.6. The van der Waals surface area contributed by atoms with Gasteiger partial charge in [0.05, 0.1) is 27.4 Å². The van der Waals surface area contributed by atoms with Crippen LogP contribution in [0.5, 0.6) is 11.5 Å². The maximum Gasteiger partial charge on any atom is 0.173 e. The first-order valence-electron chi connectivity index (χ1n) is 11.7. The molecule has 9 nitrogen and oxygen atoms in total. The summed E-state index contributed by atoms with van der Waals surface area (Å²) >= 11 is 0. The van der Waals surface area contributed by atoms with E-state index in [2.05, 4.69) is 31.4 Å². The zero-order chi connectivity index (χ0) is 22.3. The molecule has 2 heterocycles. The molecule has 2 fully saturated rings. The summed E-state index contributed by atoms with van der Waals surface area (Å²) < 4.78 is 18.5. The van der Waals surface area contributed by atoms with Crippen LogP contribution < -0.4 is 9.47 Å². The number of methoxy groups -OCH3 is 3. The summed E-state index contributed by atoms with van der Waals surface area (Å²) in [5.74, 6) is 2.25. The van der Waals surface area contributed by atoms with Gasteiger partial charge in [0.25, 0.3) is 0 Å². The Balaban J connectivity index is 1.63. The van der Waals surface area contributed by atoms with E-state index in [4.69, 9.17) is 14.2 Å². The fraction of sp³-hybridized carbons (Fsp3) is 0.696. The van der Waals surface area contributed by atoms with E-state index < -0.39 is 0 Å². The van der Waals surface area contributed by atoms with Crippen molar-refractivity contribution in [1.82, 2.24) is 30.0 Å². The van der Waals surface area contributed by atoms with Crippen LogP contribution in [0.3, 0.4) is 0 Å². The molecule has 1 aliphatic heterocycles. The molecule has 176 valence electrons. The van der Waals surface area contributed by atoms with Crippen molar-refractivity contribution in [3.05, 3.63) is 29.6 Å². The first-order valence-corrected chi connectivity index (χ1v) is 11.7. The van der Waals surface area contributed by atoms with Gasteiger partial charge in [0.2, 0.25) is 0 Å². The van der Waals surface area contributed by atoms with Crippen LogP contribution in [0, 0.1) is 0 Å². The maximum absolute atomic E-state index is 5.81. The summed E-state index contributed by atoms with van der Waals surface area (Å²) in [5.41, 5.74) is 1.02.